The maximum Gasteiger partial charge on any atom is 0.446 e. The van der Waals surface area contributed by atoms with Gasteiger partial charge in [0.05, 0.1) is 4.90 Å². The van der Waals surface area contributed by atoms with Gasteiger partial charge in [0.2, 0.25) is 0 Å². The molecule has 0 aromatic carbocycles. The highest BCUT2D eigenvalue weighted by Gasteiger charge is 2.35. The number of thioether (sulfide) groups is 2. The van der Waals surface area contributed by atoms with E-state index in [1.807, 2.05) is 0 Å². The van der Waals surface area contributed by atoms with Crippen LogP contribution in [-0.4, -0.2) is 16.7 Å². The Morgan fingerprint density at radius 3 is 2.50 bits per heavy atom. The lowest BCUT2D eigenvalue weighted by molar-refractivity contribution is -0.372. The third kappa shape index (κ3) is 4.20. The van der Waals surface area contributed by atoms with E-state index in [1.165, 1.54) is 6.08 Å². The molecule has 1 aliphatic rings. The van der Waals surface area contributed by atoms with Gasteiger partial charge in [-0.15, -0.1) is 11.8 Å². The lowest BCUT2D eigenvalue weighted by atomic mass is 10.1. The molecular weight excluding hydrogens is 402 g/mol. The number of hydrogen-bond donors (Lipinski definition) is 0. The van der Waals surface area contributed by atoms with Crippen LogP contribution in [-0.2, 0) is 12.6 Å². The standard InChI is InChI=1S/C15H10F6N2OS2/c1-25-11-4-7(14(16,17)18)6-22-12(11)13-23-9-5-8(26-15(19,20)21)2-3-10(9)24-13/h4-6H,2-3H2,1H3/p+1. The van der Waals surface area contributed by atoms with Crippen LogP contribution in [0.4, 0.5) is 26.3 Å². The van der Waals surface area contributed by atoms with Crippen LogP contribution in [0.1, 0.15) is 23.4 Å². The van der Waals surface area contributed by atoms with E-state index in [4.69, 9.17) is 4.42 Å². The number of fused-ring (bicyclic) bond motifs is 1. The molecule has 0 spiro atoms. The maximum absolute atomic E-state index is 12.8. The molecule has 0 atom stereocenters. The van der Waals surface area contributed by atoms with E-state index in [-0.39, 0.29) is 51.7 Å². The molecule has 0 amide bonds. The van der Waals surface area contributed by atoms with E-state index in [1.54, 1.807) is 6.26 Å². The average molecular weight is 413 g/mol. The van der Waals surface area contributed by atoms with Crippen LogP contribution in [0.15, 0.2) is 26.5 Å². The fraction of sp³-hybridized carbons (Fsp3) is 0.333. The fourth-order valence-corrected chi connectivity index (χ4v) is 3.69. The van der Waals surface area contributed by atoms with E-state index < -0.39 is 17.2 Å². The number of H-pyrrole nitrogens is 1. The van der Waals surface area contributed by atoms with Crippen molar-refractivity contribution < 1.29 is 35.7 Å². The number of alkyl halides is 6. The second kappa shape index (κ2) is 6.84. The van der Waals surface area contributed by atoms with Gasteiger partial charge in [0.1, 0.15) is 17.0 Å². The summed E-state index contributed by atoms with van der Waals surface area (Å²) >= 11 is 0.877. The molecule has 3 rings (SSSR count). The number of allylic oxidation sites excluding steroid dienone is 1. The molecule has 2 aromatic heterocycles. The quantitative estimate of drug-likeness (QED) is 0.497. The molecule has 26 heavy (non-hydrogen) atoms. The molecule has 0 bridgehead atoms. The van der Waals surface area contributed by atoms with Crippen LogP contribution in [0.5, 0.6) is 0 Å². The lowest BCUT2D eigenvalue weighted by Gasteiger charge is -2.12. The minimum absolute atomic E-state index is 0.0441. The Hall–Kier alpha value is -1.62. The van der Waals surface area contributed by atoms with Crippen molar-refractivity contribution in [3.05, 3.63) is 34.2 Å². The van der Waals surface area contributed by atoms with Crippen molar-refractivity contribution in [2.75, 3.05) is 6.26 Å². The summed E-state index contributed by atoms with van der Waals surface area (Å²) in [5, 5.41) is 0. The molecule has 2 aromatic rings. The number of aryl methyl sites for hydroxylation is 1. The summed E-state index contributed by atoms with van der Waals surface area (Å²) in [5.74, 6) is 0.453. The van der Waals surface area contributed by atoms with Crippen molar-refractivity contribution in [1.82, 2.24) is 4.98 Å². The molecule has 0 unspecified atom stereocenters. The third-order valence-corrected chi connectivity index (χ3v) is 5.11. The number of halogens is 6. The zero-order valence-corrected chi connectivity index (χ0v) is 14.7. The summed E-state index contributed by atoms with van der Waals surface area (Å²) in [6, 6.07) is 0.973. The van der Waals surface area contributed by atoms with Gasteiger partial charge >= 0.3 is 11.7 Å². The number of aromatic amines is 1. The van der Waals surface area contributed by atoms with Gasteiger partial charge in [-0.05, 0) is 41.5 Å². The van der Waals surface area contributed by atoms with Gasteiger partial charge in [0, 0.05) is 6.42 Å². The van der Waals surface area contributed by atoms with E-state index in [0.717, 1.165) is 24.0 Å². The minimum atomic E-state index is -4.50. The topological polar surface area (TPSA) is 40.2 Å². The largest absolute Gasteiger partial charge is 0.446 e. The number of aromatic nitrogens is 2. The van der Waals surface area contributed by atoms with Gasteiger partial charge in [-0.25, -0.2) is 9.97 Å². The Balaban J connectivity index is 1.96. The molecule has 0 saturated heterocycles. The average Bonchev–Trinajstić information content (AvgIpc) is 2.94. The number of oxazole rings is 1. The summed E-state index contributed by atoms with van der Waals surface area (Å²) in [4.78, 5) is 7.07. The zero-order valence-electron chi connectivity index (χ0n) is 13.1. The Kier molecular flexibility index (Phi) is 5.04. The molecule has 0 fully saturated rings. The number of rotatable bonds is 3. The van der Waals surface area contributed by atoms with Crippen molar-refractivity contribution in [3.63, 3.8) is 0 Å². The van der Waals surface area contributed by atoms with Crippen LogP contribution in [0.3, 0.4) is 0 Å². The van der Waals surface area contributed by atoms with Crippen LogP contribution in [0.25, 0.3) is 17.7 Å². The first-order valence-electron chi connectivity index (χ1n) is 7.20. The van der Waals surface area contributed by atoms with E-state index in [2.05, 4.69) is 9.97 Å². The SMILES string of the molecule is CSc1cc(C(F)(F)F)c[nH+]c1-c1nc2c(o1)CCC(SC(F)(F)F)=C2. The highest BCUT2D eigenvalue weighted by Crippen LogP contribution is 2.42. The van der Waals surface area contributed by atoms with Crippen molar-refractivity contribution >= 4 is 29.6 Å². The Labute approximate surface area is 152 Å². The highest BCUT2D eigenvalue weighted by molar-refractivity contribution is 8.04. The second-order valence-corrected chi connectivity index (χ2v) is 7.35. The van der Waals surface area contributed by atoms with Crippen LogP contribution < -0.4 is 4.98 Å². The molecular formula is C15H11F6N2OS2+. The molecule has 11 heteroatoms. The van der Waals surface area contributed by atoms with Gasteiger partial charge in [0.15, 0.2) is 6.20 Å². The summed E-state index contributed by atoms with van der Waals surface area (Å²) in [6.07, 6.45) is -0.383. The predicted octanol–water partition coefficient (Wildman–Crippen LogP) is 5.44. The van der Waals surface area contributed by atoms with Gasteiger partial charge in [-0.3, -0.25) is 0 Å². The van der Waals surface area contributed by atoms with Crippen molar-refractivity contribution in [1.29, 1.82) is 0 Å². The molecule has 1 aliphatic carbocycles. The van der Waals surface area contributed by atoms with Crippen LogP contribution in [0, 0.1) is 0 Å². The lowest BCUT2D eigenvalue weighted by Crippen LogP contribution is -2.15. The normalized spacial score (nSPS) is 15.0. The van der Waals surface area contributed by atoms with Crippen LogP contribution in [0.2, 0.25) is 0 Å². The number of nitrogens with one attached hydrogen (secondary N) is 1. The Bertz CT molecular complexity index is 857. The van der Waals surface area contributed by atoms with Crippen molar-refractivity contribution in [2.45, 2.75) is 29.4 Å². The smallest absolute Gasteiger partial charge is 0.436 e. The molecule has 0 radical (unpaired) electrons. The highest BCUT2D eigenvalue weighted by atomic mass is 32.2. The minimum Gasteiger partial charge on any atom is -0.436 e. The van der Waals surface area contributed by atoms with Gasteiger partial charge < -0.3 is 4.42 Å². The first-order chi connectivity index (χ1) is 12.1. The van der Waals surface area contributed by atoms with Gasteiger partial charge in [0.25, 0.3) is 11.6 Å². The first kappa shape index (κ1) is 19.2. The number of nitrogens with zero attached hydrogens (tertiary/aromatic N) is 1. The van der Waals surface area contributed by atoms with Crippen molar-refractivity contribution in [2.24, 2.45) is 0 Å². The molecule has 2 heterocycles. The van der Waals surface area contributed by atoms with E-state index in [0.29, 0.717) is 5.76 Å². The molecule has 3 nitrogen and oxygen atoms in total. The Morgan fingerprint density at radius 1 is 1.15 bits per heavy atom. The zero-order chi connectivity index (χ0) is 19.1. The predicted molar refractivity (Wildman–Crippen MR) is 85.2 cm³/mol. The summed E-state index contributed by atoms with van der Waals surface area (Å²) < 4.78 is 81.6. The van der Waals surface area contributed by atoms with E-state index >= 15 is 0 Å². The molecule has 0 aliphatic heterocycles. The number of pyridine rings is 1. The molecule has 140 valence electrons. The summed E-state index contributed by atoms with van der Waals surface area (Å²) in [6.45, 7) is 0. The molecule has 0 saturated carbocycles. The maximum atomic E-state index is 12.8. The fourth-order valence-electron chi connectivity index (χ4n) is 2.42. The summed E-state index contributed by atoms with van der Waals surface area (Å²) in [5.41, 5.74) is -4.72. The van der Waals surface area contributed by atoms with Gasteiger partial charge in [-0.2, -0.15) is 26.3 Å². The third-order valence-electron chi connectivity index (χ3n) is 3.54. The van der Waals surface area contributed by atoms with Gasteiger partial charge in [-0.1, -0.05) is 0 Å². The Morgan fingerprint density at radius 2 is 1.88 bits per heavy atom. The van der Waals surface area contributed by atoms with Crippen molar-refractivity contribution in [3.8, 4) is 11.6 Å². The van der Waals surface area contributed by atoms with Crippen LogP contribution >= 0.6 is 23.5 Å². The van der Waals surface area contributed by atoms with E-state index in [9.17, 15) is 26.3 Å². The first-order valence-corrected chi connectivity index (χ1v) is 9.24. The number of hydrogen-bond acceptors (Lipinski definition) is 4. The second-order valence-electron chi connectivity index (χ2n) is 5.32. The monoisotopic (exact) mass is 413 g/mol. The molecule has 1 N–H and O–H groups in total. The summed E-state index contributed by atoms with van der Waals surface area (Å²) in [7, 11) is 0.